The Hall–Kier alpha value is -1.83. The normalized spacial score (nSPS) is 16.6. The second kappa shape index (κ2) is 9.39. The number of anilines is 1. The number of hydrogen-bond acceptors (Lipinski definition) is 7. The number of aliphatic hydroxyl groups excluding tert-OH is 1. The molecule has 1 aliphatic heterocycles. The van der Waals surface area contributed by atoms with Gasteiger partial charge in [-0.05, 0) is 32.9 Å². The van der Waals surface area contributed by atoms with E-state index in [4.69, 9.17) is 9.47 Å². The molecule has 0 radical (unpaired) electrons. The summed E-state index contributed by atoms with van der Waals surface area (Å²) in [5.41, 5.74) is 3.79. The van der Waals surface area contributed by atoms with Crippen molar-refractivity contribution in [3.63, 3.8) is 0 Å². The number of para-hydroxylation sites is 2. The molecule has 3 rings (SSSR count). The van der Waals surface area contributed by atoms with E-state index in [0.29, 0.717) is 13.2 Å². The van der Waals surface area contributed by atoms with Gasteiger partial charge in [0.15, 0.2) is 5.06 Å². The predicted octanol–water partition coefficient (Wildman–Crippen LogP) is 2.80. The van der Waals surface area contributed by atoms with E-state index in [1.807, 2.05) is 32.9 Å². The third kappa shape index (κ3) is 5.57. The van der Waals surface area contributed by atoms with Gasteiger partial charge in [0.25, 0.3) is 0 Å². The van der Waals surface area contributed by atoms with Crippen LogP contribution in [0.15, 0.2) is 29.8 Å². The number of benzene rings is 1. The van der Waals surface area contributed by atoms with Crippen LogP contribution in [-0.4, -0.2) is 66.5 Å². The molecule has 2 aromatic rings. The molecule has 148 valence electrons. The molecular weight excluding hydrogens is 362 g/mol. The highest BCUT2D eigenvalue weighted by atomic mass is 32.1. The van der Waals surface area contributed by atoms with Gasteiger partial charge < -0.3 is 19.5 Å². The van der Waals surface area contributed by atoms with E-state index in [2.05, 4.69) is 26.9 Å². The third-order valence-corrected chi connectivity index (χ3v) is 5.36. The van der Waals surface area contributed by atoms with Gasteiger partial charge in [0.2, 0.25) is 0 Å². The van der Waals surface area contributed by atoms with Crippen molar-refractivity contribution in [1.29, 1.82) is 0 Å². The second-order valence-corrected chi connectivity index (χ2v) is 7.93. The number of piperazine rings is 1. The van der Waals surface area contributed by atoms with Gasteiger partial charge in [0.1, 0.15) is 18.5 Å². The molecule has 0 bridgehead atoms. The summed E-state index contributed by atoms with van der Waals surface area (Å²) >= 11 is 1.46. The van der Waals surface area contributed by atoms with Crippen molar-refractivity contribution in [2.24, 2.45) is 0 Å². The number of aromatic nitrogens is 1. The van der Waals surface area contributed by atoms with Gasteiger partial charge in [-0.1, -0.05) is 23.5 Å². The number of aryl methyl sites for hydroxylation is 1. The Bertz CT molecular complexity index is 714. The standard InChI is InChI=1S/C20H29N3O3S/c1-15(2)26-19-7-5-4-6-18(19)23-10-8-22(9-11-23)12-17(24)13-25-20-16(3)21-14-27-20/h4-7,14-15,17,24H,8-13H2,1-3H3. The van der Waals surface area contributed by atoms with E-state index in [1.54, 1.807) is 5.51 Å². The number of aliphatic hydroxyl groups is 1. The van der Waals surface area contributed by atoms with E-state index in [-0.39, 0.29) is 6.10 Å². The number of β-amino-alcohol motifs (C(OH)–C–C–N with tert-alkyl or cyclic N) is 1. The van der Waals surface area contributed by atoms with E-state index in [1.165, 1.54) is 11.3 Å². The quantitative estimate of drug-likeness (QED) is 0.747. The van der Waals surface area contributed by atoms with Crippen molar-refractivity contribution in [2.45, 2.75) is 33.0 Å². The lowest BCUT2D eigenvalue weighted by molar-refractivity contribution is 0.0672. The van der Waals surface area contributed by atoms with Crippen molar-refractivity contribution >= 4 is 17.0 Å². The van der Waals surface area contributed by atoms with Gasteiger partial charge in [-0.2, -0.15) is 0 Å². The third-order valence-electron chi connectivity index (χ3n) is 4.52. The smallest absolute Gasteiger partial charge is 0.197 e. The summed E-state index contributed by atoms with van der Waals surface area (Å²) in [5.74, 6) is 0.939. The molecule has 1 unspecified atom stereocenters. The minimum atomic E-state index is -0.505. The first-order valence-electron chi connectivity index (χ1n) is 9.47. The van der Waals surface area contributed by atoms with Crippen LogP contribution in [0.2, 0.25) is 0 Å². The van der Waals surface area contributed by atoms with Gasteiger partial charge in [-0.15, -0.1) is 0 Å². The highest BCUT2D eigenvalue weighted by Crippen LogP contribution is 2.29. The zero-order chi connectivity index (χ0) is 19.2. The Balaban J connectivity index is 1.47. The SMILES string of the molecule is Cc1ncsc1OCC(O)CN1CCN(c2ccccc2OC(C)C)CC1. The summed E-state index contributed by atoms with van der Waals surface area (Å²) in [6.07, 6.45) is -0.348. The Morgan fingerprint density at radius 2 is 1.93 bits per heavy atom. The summed E-state index contributed by atoms with van der Waals surface area (Å²) in [7, 11) is 0. The molecule has 0 saturated carbocycles. The molecule has 1 fully saturated rings. The topological polar surface area (TPSA) is 58.1 Å². The average Bonchev–Trinajstić information content (AvgIpc) is 3.06. The summed E-state index contributed by atoms with van der Waals surface area (Å²) in [6, 6.07) is 8.22. The Morgan fingerprint density at radius 3 is 2.59 bits per heavy atom. The molecule has 1 atom stereocenters. The average molecular weight is 392 g/mol. The van der Waals surface area contributed by atoms with E-state index in [9.17, 15) is 5.11 Å². The Morgan fingerprint density at radius 1 is 1.19 bits per heavy atom. The molecule has 27 heavy (non-hydrogen) atoms. The molecule has 6 nitrogen and oxygen atoms in total. The van der Waals surface area contributed by atoms with Gasteiger partial charge in [-0.25, -0.2) is 4.98 Å². The number of rotatable bonds is 8. The Labute approximate surface area is 165 Å². The lowest BCUT2D eigenvalue weighted by Gasteiger charge is -2.37. The summed E-state index contributed by atoms with van der Waals surface area (Å²) in [4.78, 5) is 8.80. The van der Waals surface area contributed by atoms with Gasteiger partial charge >= 0.3 is 0 Å². The fourth-order valence-corrected chi connectivity index (χ4v) is 3.86. The Kier molecular flexibility index (Phi) is 6.93. The monoisotopic (exact) mass is 391 g/mol. The molecule has 1 aromatic carbocycles. The van der Waals surface area contributed by atoms with Crippen LogP contribution in [0.4, 0.5) is 5.69 Å². The molecule has 1 aromatic heterocycles. The van der Waals surface area contributed by atoms with Crippen LogP contribution in [0.5, 0.6) is 10.8 Å². The first-order valence-corrected chi connectivity index (χ1v) is 10.3. The van der Waals surface area contributed by atoms with Crippen LogP contribution >= 0.6 is 11.3 Å². The van der Waals surface area contributed by atoms with Crippen LogP contribution in [-0.2, 0) is 0 Å². The fraction of sp³-hybridized carbons (Fsp3) is 0.550. The maximum atomic E-state index is 10.3. The molecule has 1 saturated heterocycles. The molecular formula is C20H29N3O3S. The lowest BCUT2D eigenvalue weighted by atomic mass is 10.2. The van der Waals surface area contributed by atoms with Crippen molar-refractivity contribution in [2.75, 3.05) is 44.2 Å². The number of thiazole rings is 1. The van der Waals surface area contributed by atoms with Gasteiger partial charge in [-0.3, -0.25) is 4.90 Å². The first kappa shape index (κ1) is 19.9. The zero-order valence-electron chi connectivity index (χ0n) is 16.3. The molecule has 1 aliphatic rings. The van der Waals surface area contributed by atoms with E-state index < -0.39 is 6.10 Å². The van der Waals surface area contributed by atoms with Crippen LogP contribution < -0.4 is 14.4 Å². The molecule has 7 heteroatoms. The van der Waals surface area contributed by atoms with Gasteiger partial charge in [0.05, 0.1) is 23.0 Å². The van der Waals surface area contributed by atoms with Crippen LogP contribution in [0.25, 0.3) is 0 Å². The minimum Gasteiger partial charge on any atom is -0.489 e. The maximum absolute atomic E-state index is 10.3. The lowest BCUT2D eigenvalue weighted by Crippen LogP contribution is -2.49. The molecule has 0 spiro atoms. The fourth-order valence-electron chi connectivity index (χ4n) is 3.20. The van der Waals surface area contributed by atoms with Crippen LogP contribution in [0.3, 0.4) is 0 Å². The summed E-state index contributed by atoms with van der Waals surface area (Å²) in [6.45, 7) is 10.6. The van der Waals surface area contributed by atoms with Crippen molar-refractivity contribution in [1.82, 2.24) is 9.88 Å². The van der Waals surface area contributed by atoms with E-state index in [0.717, 1.165) is 48.4 Å². The van der Waals surface area contributed by atoms with Crippen LogP contribution in [0, 0.1) is 6.92 Å². The second-order valence-electron chi connectivity index (χ2n) is 7.11. The number of hydrogen-bond donors (Lipinski definition) is 1. The minimum absolute atomic E-state index is 0.157. The molecule has 1 N–H and O–H groups in total. The van der Waals surface area contributed by atoms with Crippen LogP contribution in [0.1, 0.15) is 19.5 Å². The summed E-state index contributed by atoms with van der Waals surface area (Å²) in [5, 5.41) is 11.1. The van der Waals surface area contributed by atoms with Gasteiger partial charge in [0, 0.05) is 32.7 Å². The number of ether oxygens (including phenoxy) is 2. The van der Waals surface area contributed by atoms with Crippen molar-refractivity contribution in [3.8, 4) is 10.8 Å². The highest BCUT2D eigenvalue weighted by molar-refractivity contribution is 7.11. The molecule has 2 heterocycles. The van der Waals surface area contributed by atoms with E-state index >= 15 is 0 Å². The van der Waals surface area contributed by atoms with Crippen molar-refractivity contribution < 1.29 is 14.6 Å². The largest absolute Gasteiger partial charge is 0.489 e. The summed E-state index contributed by atoms with van der Waals surface area (Å²) < 4.78 is 11.6. The predicted molar refractivity (Wildman–Crippen MR) is 109 cm³/mol. The van der Waals surface area contributed by atoms with Crippen molar-refractivity contribution in [3.05, 3.63) is 35.5 Å². The number of nitrogens with zero attached hydrogens (tertiary/aromatic N) is 3. The first-order chi connectivity index (χ1) is 13.0. The maximum Gasteiger partial charge on any atom is 0.197 e. The molecule has 0 amide bonds. The highest BCUT2D eigenvalue weighted by Gasteiger charge is 2.22. The molecule has 0 aliphatic carbocycles. The zero-order valence-corrected chi connectivity index (χ0v) is 17.1.